The quantitative estimate of drug-likeness (QED) is 0.308. The van der Waals surface area contributed by atoms with E-state index in [-0.39, 0.29) is 16.9 Å². The summed E-state index contributed by atoms with van der Waals surface area (Å²) in [4.78, 5) is 26.4. The molecule has 0 saturated heterocycles. The molecule has 35 heavy (non-hydrogen) atoms. The van der Waals surface area contributed by atoms with Gasteiger partial charge in [-0.05, 0) is 56.7 Å². The summed E-state index contributed by atoms with van der Waals surface area (Å²) >= 11 is 12.4. The molecule has 0 aliphatic carbocycles. The van der Waals surface area contributed by atoms with E-state index < -0.39 is 17.4 Å². The second-order valence-corrected chi connectivity index (χ2v) is 8.97. The number of carbonyl (C=O) groups is 1. The van der Waals surface area contributed by atoms with Gasteiger partial charge in [0.2, 0.25) is 11.2 Å². The van der Waals surface area contributed by atoms with Gasteiger partial charge in [-0.2, -0.15) is 0 Å². The van der Waals surface area contributed by atoms with E-state index in [1.54, 1.807) is 37.3 Å². The van der Waals surface area contributed by atoms with Crippen LogP contribution in [0, 0.1) is 13.8 Å². The molecule has 8 heteroatoms. The number of halogens is 2. The number of fused-ring (bicyclic) bond motifs is 1. The Labute approximate surface area is 212 Å². The van der Waals surface area contributed by atoms with E-state index in [0.717, 1.165) is 11.1 Å². The van der Waals surface area contributed by atoms with Crippen molar-refractivity contribution in [3.05, 3.63) is 86.0 Å². The summed E-state index contributed by atoms with van der Waals surface area (Å²) in [6.45, 7) is 5.33. The highest BCUT2D eigenvalue weighted by molar-refractivity contribution is 6.32. The molecule has 6 nitrogen and oxygen atoms in total. The van der Waals surface area contributed by atoms with Crippen LogP contribution in [0.15, 0.2) is 63.8 Å². The second-order valence-electron chi connectivity index (χ2n) is 8.15. The molecular formula is C27H23Cl2NO5. The van der Waals surface area contributed by atoms with Crippen molar-refractivity contribution in [2.45, 2.75) is 26.9 Å². The van der Waals surface area contributed by atoms with Crippen molar-refractivity contribution in [1.82, 2.24) is 0 Å². The molecule has 0 fully saturated rings. The van der Waals surface area contributed by atoms with Gasteiger partial charge in [0, 0.05) is 16.3 Å². The molecule has 3 aromatic carbocycles. The molecule has 0 aliphatic rings. The van der Waals surface area contributed by atoms with Crippen molar-refractivity contribution in [3.8, 4) is 22.8 Å². The Morgan fingerprint density at radius 2 is 1.71 bits per heavy atom. The molecule has 0 radical (unpaired) electrons. The average molecular weight is 512 g/mol. The number of anilines is 1. The van der Waals surface area contributed by atoms with E-state index in [2.05, 4.69) is 5.32 Å². The van der Waals surface area contributed by atoms with Crippen LogP contribution in [0.5, 0.6) is 11.5 Å². The molecule has 0 spiro atoms. The van der Waals surface area contributed by atoms with Gasteiger partial charge >= 0.3 is 0 Å². The van der Waals surface area contributed by atoms with Crippen LogP contribution < -0.4 is 20.2 Å². The minimum Gasteiger partial charge on any atom is -0.495 e. The van der Waals surface area contributed by atoms with Crippen LogP contribution in [0.2, 0.25) is 10.0 Å². The van der Waals surface area contributed by atoms with E-state index in [0.29, 0.717) is 32.6 Å². The lowest BCUT2D eigenvalue weighted by Crippen LogP contribution is -2.31. The number of methoxy groups -OCH3 is 1. The molecular weight excluding hydrogens is 489 g/mol. The Balaban J connectivity index is 1.73. The van der Waals surface area contributed by atoms with Gasteiger partial charge in [-0.3, -0.25) is 9.59 Å². The third-order valence-electron chi connectivity index (χ3n) is 5.53. The molecule has 0 saturated carbocycles. The van der Waals surface area contributed by atoms with E-state index in [9.17, 15) is 9.59 Å². The summed E-state index contributed by atoms with van der Waals surface area (Å²) in [6.07, 6.45) is -1.03. The van der Waals surface area contributed by atoms with Gasteiger partial charge in [-0.1, -0.05) is 53.0 Å². The van der Waals surface area contributed by atoms with Gasteiger partial charge in [0.25, 0.3) is 5.91 Å². The van der Waals surface area contributed by atoms with Gasteiger partial charge < -0.3 is 19.2 Å². The van der Waals surface area contributed by atoms with Crippen LogP contribution in [0.4, 0.5) is 5.69 Å². The lowest BCUT2D eigenvalue weighted by Gasteiger charge is -2.17. The fraction of sp³-hybridized carbons (Fsp3) is 0.185. The van der Waals surface area contributed by atoms with Gasteiger partial charge in [-0.15, -0.1) is 0 Å². The third kappa shape index (κ3) is 5.14. The fourth-order valence-corrected chi connectivity index (χ4v) is 3.94. The van der Waals surface area contributed by atoms with Gasteiger partial charge in [0.05, 0.1) is 17.5 Å². The number of aryl methyl sites for hydroxylation is 2. The van der Waals surface area contributed by atoms with E-state index in [4.69, 9.17) is 37.1 Å². The van der Waals surface area contributed by atoms with Crippen molar-refractivity contribution < 1.29 is 18.7 Å². The third-order valence-corrected chi connectivity index (χ3v) is 6.23. The van der Waals surface area contributed by atoms with Crippen LogP contribution in [0.25, 0.3) is 22.3 Å². The summed E-state index contributed by atoms with van der Waals surface area (Å²) in [6, 6.07) is 15.6. The maximum Gasteiger partial charge on any atom is 0.265 e. The molecule has 1 N–H and O–H groups in total. The first-order valence-electron chi connectivity index (χ1n) is 10.8. The highest BCUT2D eigenvalue weighted by Crippen LogP contribution is 2.34. The predicted molar refractivity (Wildman–Crippen MR) is 139 cm³/mol. The number of amides is 1. The molecule has 1 unspecified atom stereocenters. The van der Waals surface area contributed by atoms with E-state index >= 15 is 0 Å². The smallest absolute Gasteiger partial charge is 0.265 e. The average Bonchev–Trinajstić information content (AvgIpc) is 2.82. The molecule has 1 heterocycles. The maximum atomic E-state index is 13.5. The summed E-state index contributed by atoms with van der Waals surface area (Å²) in [5.74, 6) is 0.176. The van der Waals surface area contributed by atoms with E-state index in [1.165, 1.54) is 7.11 Å². The molecule has 4 rings (SSSR count). The zero-order valence-electron chi connectivity index (χ0n) is 19.6. The number of benzene rings is 3. The Morgan fingerprint density at radius 1 is 1.00 bits per heavy atom. The first-order chi connectivity index (χ1) is 16.7. The summed E-state index contributed by atoms with van der Waals surface area (Å²) < 4.78 is 17.2. The molecule has 0 aliphatic heterocycles. The molecule has 180 valence electrons. The van der Waals surface area contributed by atoms with Gasteiger partial charge in [0.1, 0.15) is 11.3 Å². The Hall–Kier alpha value is -3.48. The lowest BCUT2D eigenvalue weighted by molar-refractivity contribution is -0.122. The second kappa shape index (κ2) is 10.0. The van der Waals surface area contributed by atoms with Crippen LogP contribution in [-0.2, 0) is 4.79 Å². The Morgan fingerprint density at radius 3 is 2.37 bits per heavy atom. The maximum absolute atomic E-state index is 13.5. The van der Waals surface area contributed by atoms with Crippen molar-refractivity contribution in [1.29, 1.82) is 0 Å². The normalized spacial score (nSPS) is 11.8. The van der Waals surface area contributed by atoms with Gasteiger partial charge in [0.15, 0.2) is 11.9 Å². The first-order valence-corrected chi connectivity index (χ1v) is 11.6. The summed E-state index contributed by atoms with van der Waals surface area (Å²) in [5.41, 5.74) is 2.89. The van der Waals surface area contributed by atoms with Gasteiger partial charge in [-0.25, -0.2) is 0 Å². The standard InChI is InChI=1S/C27H23Cl2NO5/c1-14-5-7-17(8-6-14)25-26(24(31)19-13-20(28)15(2)11-23(19)35-25)34-16(3)27(32)30-18-9-10-22(33-4)21(29)12-18/h5-13,16H,1-4H3,(H,30,32). The summed E-state index contributed by atoms with van der Waals surface area (Å²) in [7, 11) is 1.50. The van der Waals surface area contributed by atoms with Crippen LogP contribution in [0.1, 0.15) is 18.1 Å². The first kappa shape index (κ1) is 24.6. The van der Waals surface area contributed by atoms with Crippen LogP contribution >= 0.6 is 23.2 Å². The topological polar surface area (TPSA) is 77.8 Å². The van der Waals surface area contributed by atoms with E-state index in [1.807, 2.05) is 38.1 Å². The molecule has 0 bridgehead atoms. The summed E-state index contributed by atoms with van der Waals surface area (Å²) in [5, 5.41) is 3.78. The minimum atomic E-state index is -1.03. The van der Waals surface area contributed by atoms with Crippen LogP contribution in [-0.4, -0.2) is 19.1 Å². The lowest BCUT2D eigenvalue weighted by atomic mass is 10.1. The molecule has 1 aromatic heterocycles. The number of nitrogens with one attached hydrogen (secondary N) is 1. The van der Waals surface area contributed by atoms with Crippen molar-refractivity contribution in [2.24, 2.45) is 0 Å². The number of hydrogen-bond acceptors (Lipinski definition) is 5. The fourth-order valence-electron chi connectivity index (χ4n) is 3.52. The number of rotatable bonds is 6. The van der Waals surface area contributed by atoms with Crippen molar-refractivity contribution in [3.63, 3.8) is 0 Å². The van der Waals surface area contributed by atoms with Crippen molar-refractivity contribution >= 4 is 45.8 Å². The monoisotopic (exact) mass is 511 g/mol. The highest BCUT2D eigenvalue weighted by atomic mass is 35.5. The largest absolute Gasteiger partial charge is 0.495 e. The SMILES string of the molecule is COc1ccc(NC(=O)C(C)Oc2c(-c3ccc(C)cc3)oc3cc(C)c(Cl)cc3c2=O)cc1Cl. The Bertz CT molecular complexity index is 1480. The highest BCUT2D eigenvalue weighted by Gasteiger charge is 2.24. The predicted octanol–water partition coefficient (Wildman–Crippen LogP) is 6.80. The number of carbonyl (C=O) groups excluding carboxylic acids is 1. The van der Waals surface area contributed by atoms with Crippen LogP contribution in [0.3, 0.4) is 0 Å². The molecule has 4 aromatic rings. The van der Waals surface area contributed by atoms with Crippen molar-refractivity contribution in [2.75, 3.05) is 12.4 Å². The zero-order chi connectivity index (χ0) is 25.3. The minimum absolute atomic E-state index is 0.0725. The number of ether oxygens (including phenoxy) is 2. The molecule has 1 atom stereocenters. The molecule has 1 amide bonds. The Kier molecular flexibility index (Phi) is 7.05. The number of hydrogen-bond donors (Lipinski definition) is 1. The zero-order valence-corrected chi connectivity index (χ0v) is 21.1.